The molecule has 4 nitrogen and oxygen atoms in total. The molecule has 1 heterocycles. The van der Waals surface area contributed by atoms with E-state index in [4.69, 9.17) is 9.26 Å². The number of methoxy groups -OCH3 is 1. The molecule has 1 aliphatic carbocycles. The normalized spacial score (nSPS) is 21.5. The maximum absolute atomic E-state index is 5.18. The number of nitrogens with zero attached hydrogens (tertiary/aromatic N) is 1. The van der Waals surface area contributed by atoms with Crippen molar-refractivity contribution in [3.05, 3.63) is 47.3 Å². The number of rotatable bonds is 5. The van der Waals surface area contributed by atoms with Gasteiger partial charge in [0.1, 0.15) is 11.5 Å². The zero-order valence-corrected chi connectivity index (χ0v) is 11.9. The summed E-state index contributed by atoms with van der Waals surface area (Å²) in [5.74, 6) is 2.45. The number of aromatic nitrogens is 1. The van der Waals surface area contributed by atoms with Gasteiger partial charge in [-0.3, -0.25) is 0 Å². The predicted octanol–water partition coefficient (Wildman–Crippen LogP) is 3.03. The Hall–Kier alpha value is -1.81. The van der Waals surface area contributed by atoms with E-state index in [1.807, 2.05) is 25.1 Å². The molecule has 0 amide bonds. The summed E-state index contributed by atoms with van der Waals surface area (Å²) in [5, 5.41) is 7.51. The molecule has 3 rings (SSSR count). The fourth-order valence-corrected chi connectivity index (χ4v) is 2.68. The average Bonchev–Trinajstić information content (AvgIpc) is 2.83. The molecule has 4 heteroatoms. The maximum Gasteiger partial charge on any atom is 0.133 e. The number of ether oxygens (including phenoxy) is 1. The van der Waals surface area contributed by atoms with Crippen LogP contribution in [0.1, 0.15) is 35.8 Å². The highest BCUT2D eigenvalue weighted by Gasteiger charge is 2.29. The fraction of sp³-hybridized carbons (Fsp3) is 0.438. The molecular formula is C16H20N2O2. The Morgan fingerprint density at radius 3 is 2.65 bits per heavy atom. The van der Waals surface area contributed by atoms with E-state index in [0.717, 1.165) is 23.7 Å². The van der Waals surface area contributed by atoms with Crippen molar-refractivity contribution in [3.63, 3.8) is 0 Å². The summed E-state index contributed by atoms with van der Waals surface area (Å²) in [4.78, 5) is 0. The van der Waals surface area contributed by atoms with Gasteiger partial charge in [-0.1, -0.05) is 17.3 Å². The van der Waals surface area contributed by atoms with Gasteiger partial charge in [0.15, 0.2) is 0 Å². The van der Waals surface area contributed by atoms with Gasteiger partial charge in [0.2, 0.25) is 0 Å². The molecule has 1 aromatic heterocycles. The van der Waals surface area contributed by atoms with Crippen LogP contribution >= 0.6 is 0 Å². The topological polar surface area (TPSA) is 47.3 Å². The van der Waals surface area contributed by atoms with Gasteiger partial charge in [0, 0.05) is 18.7 Å². The van der Waals surface area contributed by atoms with Crippen molar-refractivity contribution in [1.82, 2.24) is 10.5 Å². The van der Waals surface area contributed by atoms with Crippen molar-refractivity contribution < 1.29 is 9.26 Å². The van der Waals surface area contributed by atoms with Crippen molar-refractivity contribution in [3.8, 4) is 5.75 Å². The Morgan fingerprint density at radius 1 is 1.30 bits per heavy atom. The van der Waals surface area contributed by atoms with Crippen LogP contribution in [0.4, 0.5) is 0 Å². The molecule has 1 aliphatic rings. The summed E-state index contributed by atoms with van der Waals surface area (Å²) in [7, 11) is 1.70. The Bertz CT molecular complexity index is 556. The van der Waals surface area contributed by atoms with Gasteiger partial charge in [0.05, 0.1) is 12.8 Å². The molecule has 0 spiro atoms. The lowest BCUT2D eigenvalue weighted by molar-refractivity contribution is 0.285. The second-order valence-corrected chi connectivity index (χ2v) is 5.45. The van der Waals surface area contributed by atoms with E-state index in [2.05, 4.69) is 22.6 Å². The van der Waals surface area contributed by atoms with E-state index in [1.54, 1.807) is 7.11 Å². The van der Waals surface area contributed by atoms with Crippen LogP contribution in [0, 0.1) is 6.92 Å². The van der Waals surface area contributed by atoms with Crippen LogP contribution in [0.3, 0.4) is 0 Å². The first-order valence-corrected chi connectivity index (χ1v) is 7.04. The van der Waals surface area contributed by atoms with Gasteiger partial charge in [-0.2, -0.15) is 0 Å². The quantitative estimate of drug-likeness (QED) is 0.909. The second-order valence-electron chi connectivity index (χ2n) is 5.45. The van der Waals surface area contributed by atoms with Crippen molar-refractivity contribution in [1.29, 1.82) is 0 Å². The summed E-state index contributed by atoms with van der Waals surface area (Å²) >= 11 is 0. The predicted molar refractivity (Wildman–Crippen MR) is 76.8 cm³/mol. The van der Waals surface area contributed by atoms with E-state index < -0.39 is 0 Å². The van der Waals surface area contributed by atoms with Gasteiger partial charge in [-0.25, -0.2) is 0 Å². The van der Waals surface area contributed by atoms with Crippen LogP contribution < -0.4 is 10.1 Å². The molecule has 20 heavy (non-hydrogen) atoms. The minimum Gasteiger partial charge on any atom is -0.497 e. The van der Waals surface area contributed by atoms with Crippen molar-refractivity contribution >= 4 is 0 Å². The van der Waals surface area contributed by atoms with Gasteiger partial charge in [0.25, 0.3) is 0 Å². The minimum atomic E-state index is 0.583. The summed E-state index contributed by atoms with van der Waals surface area (Å²) in [6.45, 7) is 2.71. The molecule has 0 radical (unpaired) electrons. The molecule has 0 aliphatic heterocycles. The van der Waals surface area contributed by atoms with Crippen LogP contribution in [0.15, 0.2) is 34.9 Å². The van der Waals surface area contributed by atoms with E-state index in [0.29, 0.717) is 12.0 Å². The first-order chi connectivity index (χ1) is 9.74. The highest BCUT2D eigenvalue weighted by molar-refractivity contribution is 5.30. The maximum atomic E-state index is 5.18. The first kappa shape index (κ1) is 13.2. The third-order valence-corrected chi connectivity index (χ3v) is 3.97. The molecule has 1 aromatic carbocycles. The molecule has 0 atom stereocenters. The number of benzene rings is 1. The Morgan fingerprint density at radius 2 is 2.05 bits per heavy atom. The van der Waals surface area contributed by atoms with Crippen LogP contribution in [0.2, 0.25) is 0 Å². The molecule has 106 valence electrons. The molecule has 2 aromatic rings. The smallest absolute Gasteiger partial charge is 0.133 e. The standard InChI is InChI=1S/C16H20N2O2/c1-11-7-15(18-20-11)10-17-14-8-13(9-14)12-3-5-16(19-2)6-4-12/h3-7,13-14,17H,8-10H2,1-2H3. The lowest BCUT2D eigenvalue weighted by Gasteiger charge is -2.36. The third-order valence-electron chi connectivity index (χ3n) is 3.97. The fourth-order valence-electron chi connectivity index (χ4n) is 2.68. The van der Waals surface area contributed by atoms with E-state index in [-0.39, 0.29) is 0 Å². The SMILES string of the molecule is COc1ccc(C2CC(NCc3cc(C)on3)C2)cc1. The van der Waals surface area contributed by atoms with Gasteiger partial charge < -0.3 is 14.6 Å². The molecular weight excluding hydrogens is 252 g/mol. The molecule has 0 unspecified atom stereocenters. The molecule has 1 saturated carbocycles. The highest BCUT2D eigenvalue weighted by Crippen LogP contribution is 2.37. The van der Waals surface area contributed by atoms with Crippen LogP contribution in [-0.2, 0) is 6.54 Å². The molecule has 0 saturated heterocycles. The Labute approximate surface area is 119 Å². The Kier molecular flexibility index (Phi) is 3.74. The van der Waals surface area contributed by atoms with Gasteiger partial charge in [-0.05, 0) is 43.4 Å². The van der Waals surface area contributed by atoms with Gasteiger partial charge in [-0.15, -0.1) is 0 Å². The van der Waals surface area contributed by atoms with Crippen molar-refractivity contribution in [2.45, 2.75) is 38.3 Å². The number of aryl methyl sites for hydroxylation is 1. The first-order valence-electron chi connectivity index (χ1n) is 7.04. The van der Waals surface area contributed by atoms with E-state index >= 15 is 0 Å². The largest absolute Gasteiger partial charge is 0.497 e. The van der Waals surface area contributed by atoms with E-state index in [9.17, 15) is 0 Å². The van der Waals surface area contributed by atoms with Crippen LogP contribution in [-0.4, -0.2) is 18.3 Å². The van der Waals surface area contributed by atoms with Crippen LogP contribution in [0.5, 0.6) is 5.75 Å². The number of nitrogens with one attached hydrogen (secondary N) is 1. The zero-order valence-electron chi connectivity index (χ0n) is 11.9. The minimum absolute atomic E-state index is 0.583. The summed E-state index contributed by atoms with van der Waals surface area (Å²) < 4.78 is 10.2. The molecule has 1 N–H and O–H groups in total. The molecule has 0 bridgehead atoms. The zero-order chi connectivity index (χ0) is 13.9. The monoisotopic (exact) mass is 272 g/mol. The van der Waals surface area contributed by atoms with Crippen molar-refractivity contribution in [2.75, 3.05) is 7.11 Å². The third kappa shape index (κ3) is 2.85. The van der Waals surface area contributed by atoms with Crippen LogP contribution in [0.25, 0.3) is 0 Å². The van der Waals surface area contributed by atoms with Gasteiger partial charge >= 0.3 is 0 Å². The Balaban J connectivity index is 1.46. The lowest BCUT2D eigenvalue weighted by atomic mass is 9.76. The summed E-state index contributed by atoms with van der Waals surface area (Å²) in [6, 6.07) is 11.0. The summed E-state index contributed by atoms with van der Waals surface area (Å²) in [6.07, 6.45) is 2.37. The second kappa shape index (κ2) is 5.67. The average molecular weight is 272 g/mol. The van der Waals surface area contributed by atoms with Crippen molar-refractivity contribution in [2.24, 2.45) is 0 Å². The summed E-state index contributed by atoms with van der Waals surface area (Å²) in [5.41, 5.74) is 2.39. The number of hydrogen-bond acceptors (Lipinski definition) is 4. The lowest BCUT2D eigenvalue weighted by Crippen LogP contribution is -2.39. The number of hydrogen-bond donors (Lipinski definition) is 1. The molecule has 1 fully saturated rings. The van der Waals surface area contributed by atoms with E-state index in [1.165, 1.54) is 18.4 Å². The highest BCUT2D eigenvalue weighted by atomic mass is 16.5.